The highest BCUT2D eigenvalue weighted by atomic mass is 16.7. The van der Waals surface area contributed by atoms with Gasteiger partial charge in [-0.15, -0.1) is 0 Å². The van der Waals surface area contributed by atoms with Crippen LogP contribution in [0.4, 0.5) is 0 Å². The van der Waals surface area contributed by atoms with Crippen LogP contribution in [0.25, 0.3) is 0 Å². The van der Waals surface area contributed by atoms with E-state index >= 15 is 0 Å². The van der Waals surface area contributed by atoms with Crippen LogP contribution >= 0.6 is 0 Å². The first-order valence-electron chi connectivity index (χ1n) is 4.71. The van der Waals surface area contributed by atoms with Gasteiger partial charge in [0.25, 0.3) is 0 Å². The smallest absolute Gasteiger partial charge is 0.186 e. The van der Waals surface area contributed by atoms with Gasteiger partial charge in [0.05, 0.1) is 6.61 Å². The Morgan fingerprint density at radius 2 is 1.73 bits per heavy atom. The van der Waals surface area contributed by atoms with Gasteiger partial charge >= 0.3 is 0 Å². The minimum absolute atomic E-state index is 0.189. The van der Waals surface area contributed by atoms with Gasteiger partial charge in [-0.3, -0.25) is 0 Å². The molecule has 2 N–H and O–H groups in total. The zero-order valence-corrected chi connectivity index (χ0v) is 9.12. The van der Waals surface area contributed by atoms with E-state index in [0.717, 1.165) is 0 Å². The molecule has 0 spiro atoms. The Hall–Kier alpha value is -0.240. The second-order valence-electron chi connectivity index (χ2n) is 3.42. The molecule has 0 aromatic heterocycles. The Balaban J connectivity index is 2.68. The van der Waals surface area contributed by atoms with E-state index in [-0.39, 0.29) is 6.61 Å². The lowest BCUT2D eigenvalue weighted by molar-refractivity contribution is -0.300. The fourth-order valence-electron chi connectivity index (χ4n) is 1.65. The third-order valence-electron chi connectivity index (χ3n) is 2.48. The summed E-state index contributed by atoms with van der Waals surface area (Å²) >= 11 is 0. The first-order valence-corrected chi connectivity index (χ1v) is 4.71. The van der Waals surface area contributed by atoms with E-state index in [4.69, 9.17) is 18.9 Å². The second kappa shape index (κ2) is 5.74. The lowest BCUT2D eigenvalue weighted by Crippen LogP contribution is -2.59. The van der Waals surface area contributed by atoms with Crippen LogP contribution < -0.4 is 0 Å². The number of hydrogen-bond acceptors (Lipinski definition) is 6. The molecule has 0 aliphatic carbocycles. The van der Waals surface area contributed by atoms with Gasteiger partial charge in [-0.2, -0.15) is 0 Å². The molecule has 0 aromatic rings. The van der Waals surface area contributed by atoms with E-state index in [1.807, 2.05) is 0 Å². The highest BCUT2D eigenvalue weighted by Gasteiger charge is 2.44. The molecule has 1 fully saturated rings. The molecular weight excluding hydrogens is 204 g/mol. The topological polar surface area (TPSA) is 77.4 Å². The normalized spacial score (nSPS) is 41.8. The molecule has 1 unspecified atom stereocenters. The van der Waals surface area contributed by atoms with Crippen LogP contribution in [0.1, 0.15) is 0 Å². The molecule has 0 amide bonds. The summed E-state index contributed by atoms with van der Waals surface area (Å²) in [7, 11) is 4.37. The van der Waals surface area contributed by atoms with Crippen molar-refractivity contribution < 1.29 is 29.2 Å². The summed E-state index contributed by atoms with van der Waals surface area (Å²) in [5.74, 6) is 0. The standard InChI is InChI=1S/C9H18O6/c1-12-4-5-6(10)7(11)8(13-2)9(14-3)15-5/h5-11H,4H2,1-3H3/t5-,6-,7+,8-,9?/m1/s1. The maximum Gasteiger partial charge on any atom is 0.186 e. The average Bonchev–Trinajstić information content (AvgIpc) is 2.24. The van der Waals surface area contributed by atoms with E-state index in [9.17, 15) is 10.2 Å². The molecule has 1 saturated heterocycles. The van der Waals surface area contributed by atoms with Crippen molar-refractivity contribution in [3.8, 4) is 0 Å². The molecule has 1 heterocycles. The Bertz CT molecular complexity index is 183. The van der Waals surface area contributed by atoms with E-state index in [2.05, 4.69) is 0 Å². The molecule has 0 aromatic carbocycles. The predicted octanol–water partition coefficient (Wildman–Crippen LogP) is -1.26. The van der Waals surface area contributed by atoms with Crippen LogP contribution in [0, 0.1) is 0 Å². The molecule has 1 aliphatic rings. The predicted molar refractivity (Wildman–Crippen MR) is 50.4 cm³/mol. The summed E-state index contributed by atoms with van der Waals surface area (Å²) in [4.78, 5) is 0. The van der Waals surface area contributed by atoms with Crippen molar-refractivity contribution in [2.75, 3.05) is 27.9 Å². The van der Waals surface area contributed by atoms with Crippen molar-refractivity contribution in [1.29, 1.82) is 0 Å². The number of rotatable bonds is 4. The summed E-state index contributed by atoms with van der Waals surface area (Å²) in [6.45, 7) is 0.189. The maximum absolute atomic E-state index is 9.75. The molecule has 0 bridgehead atoms. The van der Waals surface area contributed by atoms with Crippen molar-refractivity contribution in [1.82, 2.24) is 0 Å². The number of ether oxygens (including phenoxy) is 4. The van der Waals surface area contributed by atoms with Gasteiger partial charge in [0.1, 0.15) is 24.4 Å². The third kappa shape index (κ3) is 2.66. The van der Waals surface area contributed by atoms with Crippen molar-refractivity contribution in [3.63, 3.8) is 0 Å². The van der Waals surface area contributed by atoms with Gasteiger partial charge in [-0.05, 0) is 0 Å². The van der Waals surface area contributed by atoms with Crippen LogP contribution in [0.3, 0.4) is 0 Å². The molecule has 0 radical (unpaired) electrons. The van der Waals surface area contributed by atoms with Gasteiger partial charge in [0.15, 0.2) is 6.29 Å². The van der Waals surface area contributed by atoms with Crippen molar-refractivity contribution >= 4 is 0 Å². The van der Waals surface area contributed by atoms with Crippen LogP contribution in [0.2, 0.25) is 0 Å². The quantitative estimate of drug-likeness (QED) is 0.618. The molecule has 5 atom stereocenters. The molecular formula is C9H18O6. The van der Waals surface area contributed by atoms with Crippen molar-refractivity contribution in [3.05, 3.63) is 0 Å². The molecule has 0 saturated carbocycles. The van der Waals surface area contributed by atoms with E-state index in [0.29, 0.717) is 0 Å². The fraction of sp³-hybridized carbons (Fsp3) is 1.00. The van der Waals surface area contributed by atoms with Crippen LogP contribution in [0.5, 0.6) is 0 Å². The monoisotopic (exact) mass is 222 g/mol. The van der Waals surface area contributed by atoms with Crippen LogP contribution in [-0.4, -0.2) is 68.9 Å². The second-order valence-corrected chi connectivity index (χ2v) is 3.42. The maximum atomic E-state index is 9.75. The highest BCUT2D eigenvalue weighted by molar-refractivity contribution is 4.89. The van der Waals surface area contributed by atoms with Gasteiger partial charge in [-0.25, -0.2) is 0 Å². The molecule has 90 valence electrons. The van der Waals surface area contributed by atoms with E-state index in [1.54, 1.807) is 0 Å². The van der Waals surface area contributed by atoms with Crippen LogP contribution in [-0.2, 0) is 18.9 Å². The minimum atomic E-state index is -1.05. The average molecular weight is 222 g/mol. The van der Waals surface area contributed by atoms with Crippen molar-refractivity contribution in [2.24, 2.45) is 0 Å². The summed E-state index contributed by atoms with van der Waals surface area (Å²) in [5.41, 5.74) is 0. The lowest BCUT2D eigenvalue weighted by atomic mass is 9.99. The Morgan fingerprint density at radius 3 is 2.20 bits per heavy atom. The highest BCUT2D eigenvalue weighted by Crippen LogP contribution is 2.23. The zero-order valence-electron chi connectivity index (χ0n) is 9.12. The number of methoxy groups -OCH3 is 3. The molecule has 6 nitrogen and oxygen atoms in total. The third-order valence-corrected chi connectivity index (χ3v) is 2.48. The van der Waals surface area contributed by atoms with Gasteiger partial charge in [-0.1, -0.05) is 0 Å². The first kappa shape index (κ1) is 12.8. The first-order chi connectivity index (χ1) is 7.15. The SMILES string of the molecule is COC[C@H]1OC(OC)[C@H](OC)[C@@H](O)[C@@H]1O. The Morgan fingerprint density at radius 1 is 1.07 bits per heavy atom. The number of aliphatic hydroxyl groups is 2. The summed E-state index contributed by atoms with van der Waals surface area (Å²) < 4.78 is 20.3. The lowest BCUT2D eigenvalue weighted by Gasteiger charge is -2.41. The largest absolute Gasteiger partial charge is 0.387 e. The van der Waals surface area contributed by atoms with Gasteiger partial charge < -0.3 is 29.2 Å². The Kier molecular flexibility index (Phi) is 4.91. The van der Waals surface area contributed by atoms with Gasteiger partial charge in [0.2, 0.25) is 0 Å². The number of hydrogen-bond donors (Lipinski definition) is 2. The van der Waals surface area contributed by atoms with Crippen LogP contribution in [0.15, 0.2) is 0 Å². The minimum Gasteiger partial charge on any atom is -0.387 e. The molecule has 1 aliphatic heterocycles. The summed E-state index contributed by atoms with van der Waals surface area (Å²) in [5, 5.41) is 19.4. The van der Waals surface area contributed by atoms with Crippen molar-refractivity contribution in [2.45, 2.75) is 30.7 Å². The zero-order chi connectivity index (χ0) is 11.4. The summed E-state index contributed by atoms with van der Waals surface area (Å²) in [6, 6.07) is 0. The molecule has 1 rings (SSSR count). The molecule has 15 heavy (non-hydrogen) atoms. The van der Waals surface area contributed by atoms with E-state index in [1.165, 1.54) is 21.3 Å². The Labute approximate surface area is 88.7 Å². The van der Waals surface area contributed by atoms with Gasteiger partial charge in [0, 0.05) is 21.3 Å². The molecule has 6 heteroatoms. The fourth-order valence-corrected chi connectivity index (χ4v) is 1.65. The summed E-state index contributed by atoms with van der Waals surface area (Å²) in [6.07, 6.45) is -4.09. The number of aliphatic hydroxyl groups excluding tert-OH is 2. The van der Waals surface area contributed by atoms with E-state index < -0.39 is 30.7 Å².